The van der Waals surface area contributed by atoms with Crippen LogP contribution < -0.4 is 10.6 Å². The summed E-state index contributed by atoms with van der Waals surface area (Å²) in [6.07, 6.45) is 3.86. The molecule has 1 saturated heterocycles. The zero-order chi connectivity index (χ0) is 19.9. The van der Waals surface area contributed by atoms with E-state index in [1.165, 1.54) is 22.5 Å². The topological polar surface area (TPSA) is 87.7 Å². The van der Waals surface area contributed by atoms with Gasteiger partial charge in [0, 0.05) is 25.2 Å². The molecule has 1 amide bonds. The largest absolute Gasteiger partial charge is 0.379 e. The molecule has 0 spiro atoms. The molecule has 1 aliphatic heterocycles. The number of carbonyl (C=O) groups is 1. The summed E-state index contributed by atoms with van der Waals surface area (Å²) in [5, 5.41) is 5.86. The lowest BCUT2D eigenvalue weighted by molar-refractivity contribution is -0.115. The maximum Gasteiger partial charge on any atom is 0.250 e. The molecular formula is C18H25N3O4S2. The van der Waals surface area contributed by atoms with Gasteiger partial charge in [-0.3, -0.25) is 10.1 Å². The Balaban J connectivity index is 1.95. The van der Waals surface area contributed by atoms with Crippen molar-refractivity contribution >= 4 is 39.3 Å². The third kappa shape index (κ3) is 6.39. The number of morpholine rings is 1. The van der Waals surface area contributed by atoms with E-state index in [2.05, 4.69) is 10.6 Å². The molecule has 0 aromatic heterocycles. The molecule has 148 valence electrons. The zero-order valence-corrected chi connectivity index (χ0v) is 17.1. The highest BCUT2D eigenvalue weighted by molar-refractivity contribution is 7.89. The second-order valence-corrected chi connectivity index (χ2v) is 8.54. The molecule has 1 atom stereocenters. The molecule has 1 heterocycles. The number of rotatable bonds is 6. The van der Waals surface area contributed by atoms with Gasteiger partial charge in [0.2, 0.25) is 15.9 Å². The van der Waals surface area contributed by atoms with Crippen LogP contribution >= 0.6 is 12.2 Å². The lowest BCUT2D eigenvalue weighted by Crippen LogP contribution is -2.42. The van der Waals surface area contributed by atoms with Crippen LogP contribution in [0.15, 0.2) is 35.2 Å². The van der Waals surface area contributed by atoms with Crippen molar-refractivity contribution in [3.63, 3.8) is 0 Å². The van der Waals surface area contributed by atoms with Crippen LogP contribution in [0, 0.1) is 0 Å². The highest BCUT2D eigenvalue weighted by atomic mass is 32.2. The molecular weight excluding hydrogens is 386 g/mol. The summed E-state index contributed by atoms with van der Waals surface area (Å²) in [5.74, 6) is -0.346. The van der Waals surface area contributed by atoms with Gasteiger partial charge in [-0.05, 0) is 49.3 Å². The number of ether oxygens (including phenoxy) is 1. The minimum Gasteiger partial charge on any atom is -0.379 e. The van der Waals surface area contributed by atoms with Gasteiger partial charge in [0.1, 0.15) is 0 Å². The van der Waals surface area contributed by atoms with E-state index in [0.717, 1.165) is 6.42 Å². The smallest absolute Gasteiger partial charge is 0.250 e. The zero-order valence-electron chi connectivity index (χ0n) is 15.5. The van der Waals surface area contributed by atoms with Crippen molar-refractivity contribution in [2.24, 2.45) is 0 Å². The SMILES string of the molecule is CCC(C)NC(=S)NC(=O)C=Cc1ccc(S(=O)(=O)N2CCOCC2)cc1. The molecule has 1 aliphatic rings. The molecule has 9 heteroatoms. The third-order valence-electron chi connectivity index (χ3n) is 4.14. The first-order valence-corrected chi connectivity index (χ1v) is 10.6. The summed E-state index contributed by atoms with van der Waals surface area (Å²) >= 11 is 5.07. The van der Waals surface area contributed by atoms with E-state index in [-0.39, 0.29) is 22.0 Å². The molecule has 1 fully saturated rings. The van der Waals surface area contributed by atoms with Gasteiger partial charge >= 0.3 is 0 Å². The van der Waals surface area contributed by atoms with Gasteiger partial charge in [0.25, 0.3) is 0 Å². The predicted molar refractivity (Wildman–Crippen MR) is 109 cm³/mol. The van der Waals surface area contributed by atoms with Crippen molar-refractivity contribution in [2.75, 3.05) is 26.3 Å². The molecule has 2 rings (SSSR count). The van der Waals surface area contributed by atoms with Gasteiger partial charge in [-0.15, -0.1) is 0 Å². The molecule has 1 aromatic carbocycles. The van der Waals surface area contributed by atoms with Crippen molar-refractivity contribution in [1.29, 1.82) is 0 Å². The molecule has 2 N–H and O–H groups in total. The van der Waals surface area contributed by atoms with Crippen molar-refractivity contribution in [3.05, 3.63) is 35.9 Å². The monoisotopic (exact) mass is 411 g/mol. The minimum atomic E-state index is -3.52. The van der Waals surface area contributed by atoms with E-state index >= 15 is 0 Å². The molecule has 7 nitrogen and oxygen atoms in total. The van der Waals surface area contributed by atoms with Gasteiger partial charge < -0.3 is 10.1 Å². The summed E-state index contributed by atoms with van der Waals surface area (Å²) in [6, 6.07) is 6.58. The fourth-order valence-electron chi connectivity index (χ4n) is 2.37. The quantitative estimate of drug-likeness (QED) is 0.545. The number of hydrogen-bond donors (Lipinski definition) is 2. The van der Waals surface area contributed by atoms with Crippen LogP contribution in [0.1, 0.15) is 25.8 Å². The number of nitrogens with one attached hydrogen (secondary N) is 2. The molecule has 1 unspecified atom stereocenters. The van der Waals surface area contributed by atoms with Crippen LogP contribution in [0.5, 0.6) is 0 Å². The number of sulfonamides is 1. The number of nitrogens with zero attached hydrogens (tertiary/aromatic N) is 1. The second-order valence-electron chi connectivity index (χ2n) is 6.19. The van der Waals surface area contributed by atoms with Crippen molar-refractivity contribution in [2.45, 2.75) is 31.2 Å². The van der Waals surface area contributed by atoms with Crippen LogP contribution in [0.2, 0.25) is 0 Å². The second kappa shape index (κ2) is 9.93. The minimum absolute atomic E-state index is 0.183. The van der Waals surface area contributed by atoms with E-state index in [9.17, 15) is 13.2 Å². The first-order chi connectivity index (χ1) is 12.8. The Hall–Kier alpha value is -1.81. The summed E-state index contributed by atoms with van der Waals surface area (Å²) in [6.45, 7) is 5.51. The van der Waals surface area contributed by atoms with E-state index in [0.29, 0.717) is 31.9 Å². The van der Waals surface area contributed by atoms with Crippen molar-refractivity contribution < 1.29 is 17.9 Å². The Morgan fingerprint density at radius 1 is 1.30 bits per heavy atom. The highest BCUT2D eigenvalue weighted by Gasteiger charge is 2.25. The first-order valence-electron chi connectivity index (χ1n) is 8.80. The lowest BCUT2D eigenvalue weighted by Gasteiger charge is -2.26. The first kappa shape index (κ1) is 21.5. The molecule has 1 aromatic rings. The van der Waals surface area contributed by atoms with Gasteiger partial charge in [-0.1, -0.05) is 19.1 Å². The molecule has 0 saturated carbocycles. The number of amides is 1. The summed E-state index contributed by atoms with van der Waals surface area (Å²) < 4.78 is 31.7. The maximum absolute atomic E-state index is 12.6. The molecule has 0 aliphatic carbocycles. The van der Waals surface area contributed by atoms with Crippen LogP contribution in [0.25, 0.3) is 6.08 Å². The number of hydrogen-bond acceptors (Lipinski definition) is 5. The Morgan fingerprint density at radius 3 is 2.52 bits per heavy atom. The van der Waals surface area contributed by atoms with Gasteiger partial charge in [-0.25, -0.2) is 8.42 Å². The number of thiocarbonyl (C=S) groups is 1. The highest BCUT2D eigenvalue weighted by Crippen LogP contribution is 2.18. The number of carbonyl (C=O) groups excluding carboxylic acids is 1. The predicted octanol–water partition coefficient (Wildman–Crippen LogP) is 1.51. The Kier molecular flexibility index (Phi) is 7.91. The average Bonchev–Trinajstić information content (AvgIpc) is 2.67. The standard InChI is InChI=1S/C18H25N3O4S2/c1-3-14(2)19-18(26)20-17(22)9-6-15-4-7-16(8-5-15)27(23,24)21-10-12-25-13-11-21/h4-9,14H,3,10-13H2,1-2H3,(H2,19,20,22,26). The van der Waals surface area contributed by atoms with Crippen molar-refractivity contribution in [3.8, 4) is 0 Å². The van der Waals surface area contributed by atoms with E-state index in [1.54, 1.807) is 18.2 Å². The normalized spacial score (nSPS) is 16.8. The average molecular weight is 412 g/mol. The molecule has 0 radical (unpaired) electrons. The van der Waals surface area contributed by atoms with Gasteiger partial charge in [0.15, 0.2) is 5.11 Å². The van der Waals surface area contributed by atoms with Crippen LogP contribution in [0.4, 0.5) is 0 Å². The van der Waals surface area contributed by atoms with Crippen LogP contribution in [-0.2, 0) is 19.6 Å². The van der Waals surface area contributed by atoms with E-state index in [4.69, 9.17) is 17.0 Å². The fraction of sp³-hybridized carbons (Fsp3) is 0.444. The Bertz CT molecular complexity index is 785. The molecule has 0 bridgehead atoms. The summed E-state index contributed by atoms with van der Waals surface area (Å²) in [5.41, 5.74) is 0.715. The van der Waals surface area contributed by atoms with Gasteiger partial charge in [0.05, 0.1) is 18.1 Å². The maximum atomic E-state index is 12.6. The van der Waals surface area contributed by atoms with Crippen LogP contribution in [-0.4, -0.2) is 56.1 Å². The fourth-order valence-corrected chi connectivity index (χ4v) is 4.08. The van der Waals surface area contributed by atoms with Crippen molar-refractivity contribution in [1.82, 2.24) is 14.9 Å². The Labute approximate surface area is 165 Å². The Morgan fingerprint density at radius 2 is 1.93 bits per heavy atom. The number of benzene rings is 1. The summed E-state index contributed by atoms with van der Waals surface area (Å²) in [7, 11) is -3.52. The molecule has 27 heavy (non-hydrogen) atoms. The summed E-state index contributed by atoms with van der Waals surface area (Å²) in [4.78, 5) is 12.1. The van der Waals surface area contributed by atoms with E-state index in [1.807, 2.05) is 13.8 Å². The van der Waals surface area contributed by atoms with E-state index < -0.39 is 10.0 Å². The lowest BCUT2D eigenvalue weighted by atomic mass is 10.2. The van der Waals surface area contributed by atoms with Crippen LogP contribution in [0.3, 0.4) is 0 Å². The van der Waals surface area contributed by atoms with Gasteiger partial charge in [-0.2, -0.15) is 4.31 Å². The third-order valence-corrected chi connectivity index (χ3v) is 6.27.